The van der Waals surface area contributed by atoms with E-state index in [9.17, 15) is 14.7 Å². The Morgan fingerprint density at radius 1 is 1.15 bits per heavy atom. The van der Waals surface area contributed by atoms with Gasteiger partial charge in [-0.15, -0.1) is 0 Å². The molecule has 2 aliphatic rings. The molecule has 2 unspecified atom stereocenters. The highest BCUT2D eigenvalue weighted by Gasteiger charge is 2.48. The summed E-state index contributed by atoms with van der Waals surface area (Å²) in [7, 11) is 0. The van der Waals surface area contributed by atoms with Gasteiger partial charge in [-0.25, -0.2) is 0 Å². The van der Waals surface area contributed by atoms with Crippen LogP contribution in [0.15, 0.2) is 70.9 Å². The zero-order valence-electron chi connectivity index (χ0n) is 18.3. The highest BCUT2D eigenvalue weighted by atomic mass is 16.5. The van der Waals surface area contributed by atoms with Crippen molar-refractivity contribution in [2.75, 3.05) is 11.5 Å². The molecule has 168 valence electrons. The third-order valence-electron chi connectivity index (χ3n) is 5.85. The van der Waals surface area contributed by atoms with Crippen LogP contribution in [-0.4, -0.2) is 29.5 Å². The lowest BCUT2D eigenvalue weighted by molar-refractivity contribution is -0.132. The highest BCUT2D eigenvalue weighted by Crippen LogP contribution is 2.43. The van der Waals surface area contributed by atoms with Gasteiger partial charge in [-0.3, -0.25) is 14.5 Å². The lowest BCUT2D eigenvalue weighted by atomic mass is 9.97. The van der Waals surface area contributed by atoms with Crippen molar-refractivity contribution in [1.29, 1.82) is 0 Å². The van der Waals surface area contributed by atoms with E-state index in [1.54, 1.807) is 54.6 Å². The summed E-state index contributed by atoms with van der Waals surface area (Å²) in [5.41, 5.74) is 1.88. The molecule has 7 heteroatoms. The number of amides is 1. The Morgan fingerprint density at radius 2 is 1.94 bits per heavy atom. The first-order valence-electron chi connectivity index (χ1n) is 10.8. The van der Waals surface area contributed by atoms with Crippen molar-refractivity contribution in [3.63, 3.8) is 0 Å². The van der Waals surface area contributed by atoms with E-state index in [2.05, 4.69) is 0 Å². The summed E-state index contributed by atoms with van der Waals surface area (Å²) in [6.07, 6.45) is 2.23. The molecule has 1 saturated heterocycles. The van der Waals surface area contributed by atoms with E-state index in [1.165, 1.54) is 11.2 Å². The Bertz CT molecular complexity index is 1240. The van der Waals surface area contributed by atoms with Crippen LogP contribution in [0.2, 0.25) is 0 Å². The molecule has 1 amide bonds. The Kier molecular flexibility index (Phi) is 5.17. The molecule has 3 aromatic rings. The monoisotopic (exact) mass is 445 g/mol. The number of benzene rings is 2. The fourth-order valence-electron chi connectivity index (χ4n) is 4.41. The number of aliphatic hydroxyl groups excluding tert-OH is 1. The lowest BCUT2D eigenvalue weighted by Crippen LogP contribution is -2.29. The lowest BCUT2D eigenvalue weighted by Gasteiger charge is -2.23. The van der Waals surface area contributed by atoms with Crippen LogP contribution < -0.4 is 14.4 Å². The van der Waals surface area contributed by atoms with E-state index in [0.29, 0.717) is 35.8 Å². The average molecular weight is 445 g/mol. The Labute approximate surface area is 190 Å². The number of carbonyl (C=O) groups excluding carboxylic acids is 2. The molecule has 2 aromatic carbocycles. The number of Topliss-reactive ketones (excluding diaryl/α,β-unsaturated/α-hetero) is 1. The molecule has 5 rings (SSSR count). The van der Waals surface area contributed by atoms with Crippen LogP contribution in [0.3, 0.4) is 0 Å². The summed E-state index contributed by atoms with van der Waals surface area (Å²) in [5.74, 6) is 0.0415. The second kappa shape index (κ2) is 8.16. The molecule has 0 bridgehead atoms. The van der Waals surface area contributed by atoms with Crippen LogP contribution in [-0.2, 0) is 16.0 Å². The second-order valence-electron chi connectivity index (χ2n) is 8.07. The van der Waals surface area contributed by atoms with Crippen molar-refractivity contribution in [2.24, 2.45) is 0 Å². The number of ether oxygens (including phenoxy) is 2. The molecule has 0 spiro atoms. The molecule has 2 aliphatic heterocycles. The first-order chi connectivity index (χ1) is 16.0. The van der Waals surface area contributed by atoms with Gasteiger partial charge in [-0.2, -0.15) is 0 Å². The van der Waals surface area contributed by atoms with Crippen molar-refractivity contribution < 1.29 is 28.6 Å². The molecule has 0 saturated carbocycles. The molecule has 0 radical (unpaired) electrons. The summed E-state index contributed by atoms with van der Waals surface area (Å²) in [5, 5.41) is 11.2. The summed E-state index contributed by atoms with van der Waals surface area (Å²) in [4.78, 5) is 27.6. The van der Waals surface area contributed by atoms with Gasteiger partial charge in [-0.1, -0.05) is 0 Å². The maximum Gasteiger partial charge on any atom is 0.300 e. The minimum absolute atomic E-state index is 0.0178. The Balaban J connectivity index is 1.62. The van der Waals surface area contributed by atoms with Gasteiger partial charge >= 0.3 is 0 Å². The maximum atomic E-state index is 13.2. The normalized spacial score (nSPS) is 21.2. The second-order valence-corrected chi connectivity index (χ2v) is 8.07. The predicted octanol–water partition coefficient (Wildman–Crippen LogP) is 4.63. The van der Waals surface area contributed by atoms with E-state index in [0.717, 1.165) is 11.3 Å². The third kappa shape index (κ3) is 3.55. The number of carbonyl (C=O) groups is 2. The number of ketones is 1. The highest BCUT2D eigenvalue weighted by molar-refractivity contribution is 6.51. The number of fused-ring (bicyclic) bond motifs is 1. The number of hydrogen-bond acceptors (Lipinski definition) is 6. The number of aliphatic hydroxyl groups is 1. The summed E-state index contributed by atoms with van der Waals surface area (Å²) in [6.45, 7) is 4.37. The average Bonchev–Trinajstić information content (AvgIpc) is 3.52. The molecule has 33 heavy (non-hydrogen) atoms. The van der Waals surface area contributed by atoms with Gasteiger partial charge in [0.15, 0.2) is 0 Å². The van der Waals surface area contributed by atoms with E-state index >= 15 is 0 Å². The van der Waals surface area contributed by atoms with Gasteiger partial charge in [0.2, 0.25) is 0 Å². The number of rotatable bonds is 5. The molecule has 2 atom stereocenters. The molecular formula is C26H23NO6. The van der Waals surface area contributed by atoms with Crippen LogP contribution in [0.1, 0.15) is 36.8 Å². The number of hydrogen-bond donors (Lipinski definition) is 1. The molecule has 1 fully saturated rings. The molecule has 1 N–H and O–H groups in total. The van der Waals surface area contributed by atoms with Crippen molar-refractivity contribution >= 4 is 23.1 Å². The quantitative estimate of drug-likeness (QED) is 0.350. The summed E-state index contributed by atoms with van der Waals surface area (Å²) < 4.78 is 16.8. The van der Waals surface area contributed by atoms with Crippen LogP contribution in [0.4, 0.5) is 5.69 Å². The van der Waals surface area contributed by atoms with Gasteiger partial charge in [0.05, 0.1) is 18.4 Å². The van der Waals surface area contributed by atoms with Crippen molar-refractivity contribution in [3.05, 3.63) is 83.3 Å². The zero-order valence-corrected chi connectivity index (χ0v) is 18.3. The van der Waals surface area contributed by atoms with Gasteiger partial charge < -0.3 is 19.0 Å². The molecule has 7 nitrogen and oxygen atoms in total. The Hall–Kier alpha value is -4.00. The van der Waals surface area contributed by atoms with Gasteiger partial charge in [0.25, 0.3) is 11.7 Å². The van der Waals surface area contributed by atoms with E-state index < -0.39 is 17.7 Å². The number of anilines is 1. The van der Waals surface area contributed by atoms with Crippen LogP contribution in [0.5, 0.6) is 11.5 Å². The van der Waals surface area contributed by atoms with Gasteiger partial charge in [0, 0.05) is 17.7 Å². The third-order valence-corrected chi connectivity index (χ3v) is 5.85. The number of furan rings is 1. The summed E-state index contributed by atoms with van der Waals surface area (Å²) >= 11 is 0. The molecular weight excluding hydrogens is 422 g/mol. The SMILES string of the molecule is CCOc1ccc(N2C(=O)C(=O)/C(=C(\O)c3ccc4c(c3)CC(C)O4)C2c2ccco2)cc1. The fourth-order valence-corrected chi connectivity index (χ4v) is 4.41. The van der Waals surface area contributed by atoms with Crippen LogP contribution in [0, 0.1) is 0 Å². The van der Waals surface area contributed by atoms with Crippen molar-refractivity contribution in [3.8, 4) is 11.5 Å². The van der Waals surface area contributed by atoms with E-state index in [1.807, 2.05) is 13.8 Å². The van der Waals surface area contributed by atoms with Crippen LogP contribution >= 0.6 is 0 Å². The van der Waals surface area contributed by atoms with Gasteiger partial charge in [0.1, 0.15) is 35.2 Å². The van der Waals surface area contributed by atoms with Crippen molar-refractivity contribution in [1.82, 2.24) is 0 Å². The largest absolute Gasteiger partial charge is 0.507 e. The first-order valence-corrected chi connectivity index (χ1v) is 10.8. The maximum absolute atomic E-state index is 13.2. The summed E-state index contributed by atoms with van der Waals surface area (Å²) in [6, 6.07) is 14.6. The zero-order chi connectivity index (χ0) is 23.1. The number of nitrogens with zero attached hydrogens (tertiary/aromatic N) is 1. The predicted molar refractivity (Wildman–Crippen MR) is 121 cm³/mol. The van der Waals surface area contributed by atoms with E-state index in [-0.39, 0.29) is 17.4 Å². The van der Waals surface area contributed by atoms with Gasteiger partial charge in [-0.05, 0) is 74.0 Å². The van der Waals surface area contributed by atoms with E-state index in [4.69, 9.17) is 13.9 Å². The molecule has 0 aliphatic carbocycles. The van der Waals surface area contributed by atoms with Crippen molar-refractivity contribution in [2.45, 2.75) is 32.4 Å². The smallest absolute Gasteiger partial charge is 0.300 e. The minimum atomic E-state index is -0.902. The fraction of sp³-hybridized carbons (Fsp3) is 0.231. The minimum Gasteiger partial charge on any atom is -0.507 e. The standard InChI is InChI=1S/C26H23NO6/c1-3-31-19-9-7-18(8-10-19)27-23(21-5-4-12-32-21)22(25(29)26(27)30)24(28)16-6-11-20-17(14-16)13-15(2)33-20/h4-12,14-15,23,28H,3,13H2,1-2H3/b24-22-. The Morgan fingerprint density at radius 3 is 2.64 bits per heavy atom. The van der Waals surface area contributed by atoms with Crippen LogP contribution in [0.25, 0.3) is 5.76 Å². The molecule has 1 aromatic heterocycles. The topological polar surface area (TPSA) is 89.2 Å². The first kappa shape index (κ1) is 20.9. The molecule has 3 heterocycles.